The molecule has 2 heterocycles. The van der Waals surface area contributed by atoms with Crippen LogP contribution in [0.4, 0.5) is 15.0 Å². The zero-order valence-electron chi connectivity index (χ0n) is 19.8. The highest BCUT2D eigenvalue weighted by atomic mass is 19.1. The molecule has 0 radical (unpaired) electrons. The predicted molar refractivity (Wildman–Crippen MR) is 130 cm³/mol. The number of carbonyl (C=O) groups excluding carboxylic acids is 2. The molecule has 1 saturated heterocycles. The Morgan fingerprint density at radius 2 is 2.00 bits per heavy atom. The molecule has 0 spiro atoms. The maximum absolute atomic E-state index is 14.5. The second kappa shape index (κ2) is 8.93. The molecule has 4 rings (SSSR count). The van der Waals surface area contributed by atoms with Crippen molar-refractivity contribution in [2.45, 2.75) is 45.8 Å². The van der Waals surface area contributed by atoms with Gasteiger partial charge in [-0.15, -0.1) is 0 Å². The number of anilines is 1. The molecule has 1 aliphatic rings. The van der Waals surface area contributed by atoms with E-state index in [-0.39, 0.29) is 29.1 Å². The number of benzene rings is 2. The fourth-order valence-corrected chi connectivity index (χ4v) is 4.26. The molecule has 178 valence electrons. The topological polar surface area (TPSA) is 97.5 Å². The van der Waals surface area contributed by atoms with Gasteiger partial charge in [-0.25, -0.2) is 14.2 Å². The number of ether oxygens (including phenoxy) is 1. The number of carbonyl (C=O) groups is 2. The largest absolute Gasteiger partial charge is 0.444 e. The monoisotopic (exact) mass is 464 g/mol. The van der Waals surface area contributed by atoms with Crippen LogP contribution in [-0.2, 0) is 4.74 Å². The van der Waals surface area contributed by atoms with Crippen LogP contribution in [-0.4, -0.2) is 46.6 Å². The molecule has 1 aromatic heterocycles. The Bertz CT molecular complexity index is 1250. The van der Waals surface area contributed by atoms with E-state index < -0.39 is 11.7 Å². The van der Waals surface area contributed by atoms with E-state index in [0.717, 1.165) is 5.56 Å². The molecule has 1 aliphatic heterocycles. The van der Waals surface area contributed by atoms with Gasteiger partial charge in [0.05, 0.1) is 5.56 Å². The minimum Gasteiger partial charge on any atom is -0.444 e. The van der Waals surface area contributed by atoms with E-state index in [1.807, 2.05) is 39.8 Å². The Kier molecular flexibility index (Phi) is 6.17. The molecular weight excluding hydrogens is 435 g/mol. The van der Waals surface area contributed by atoms with Crippen molar-refractivity contribution >= 4 is 28.6 Å². The van der Waals surface area contributed by atoms with E-state index in [1.54, 1.807) is 29.3 Å². The Hall–Kier alpha value is -3.68. The van der Waals surface area contributed by atoms with Gasteiger partial charge in [-0.05, 0) is 62.8 Å². The molecule has 1 fully saturated rings. The Morgan fingerprint density at radius 1 is 1.24 bits per heavy atom. The summed E-state index contributed by atoms with van der Waals surface area (Å²) in [5, 5.41) is 4.28. The van der Waals surface area contributed by atoms with E-state index >= 15 is 0 Å². The lowest BCUT2D eigenvalue weighted by Crippen LogP contribution is -2.40. The van der Waals surface area contributed by atoms with Gasteiger partial charge in [0.2, 0.25) is 0 Å². The van der Waals surface area contributed by atoms with Crippen molar-refractivity contribution in [3.63, 3.8) is 0 Å². The average Bonchev–Trinajstić information content (AvgIpc) is 3.21. The number of nitrogens with one attached hydrogen (secondary N) is 1. The number of nitrogens with two attached hydrogens (primary N) is 1. The molecule has 2 aromatic carbocycles. The Morgan fingerprint density at radius 3 is 2.71 bits per heavy atom. The van der Waals surface area contributed by atoms with Gasteiger partial charge < -0.3 is 20.7 Å². The smallest absolute Gasteiger partial charge is 0.410 e. The predicted octanol–water partition coefficient (Wildman–Crippen LogP) is 4.67. The van der Waals surface area contributed by atoms with Gasteiger partial charge in [0.25, 0.3) is 5.91 Å². The highest BCUT2D eigenvalue weighted by Gasteiger charge is 2.31. The van der Waals surface area contributed by atoms with Crippen LogP contribution in [0.5, 0.6) is 0 Å². The number of nitrogens with zero attached hydrogens (tertiary/aromatic N) is 2. The number of likely N-dealkylation sites (tertiary alicyclic amines) is 1. The first-order valence-electron chi connectivity index (χ1n) is 11.3. The SMILES string of the molecule is Cc1cccc(F)c1-c1ccc2c(C(=O)N[C@H]3CCN(C(=O)OC(C)(C)C)C3)c(N)ncc2c1. The van der Waals surface area contributed by atoms with Crippen molar-refractivity contribution in [1.82, 2.24) is 15.2 Å². The number of nitrogen functional groups attached to an aromatic ring is 1. The fraction of sp³-hybridized carbons (Fsp3) is 0.346. The first-order valence-corrected chi connectivity index (χ1v) is 11.3. The molecule has 0 aliphatic carbocycles. The zero-order chi connectivity index (χ0) is 24.6. The second-order valence-corrected chi connectivity index (χ2v) is 9.64. The molecule has 1 atom stereocenters. The van der Waals surface area contributed by atoms with Crippen molar-refractivity contribution in [3.8, 4) is 11.1 Å². The van der Waals surface area contributed by atoms with Crippen molar-refractivity contribution in [1.29, 1.82) is 0 Å². The van der Waals surface area contributed by atoms with Crippen LogP contribution in [0, 0.1) is 12.7 Å². The summed E-state index contributed by atoms with van der Waals surface area (Å²) in [5.74, 6) is -0.556. The maximum atomic E-state index is 14.5. The minimum absolute atomic E-state index is 0.113. The van der Waals surface area contributed by atoms with Crippen LogP contribution in [0.1, 0.15) is 43.1 Å². The molecule has 3 aromatic rings. The third-order valence-electron chi connectivity index (χ3n) is 5.83. The highest BCUT2D eigenvalue weighted by Crippen LogP contribution is 2.31. The van der Waals surface area contributed by atoms with E-state index in [2.05, 4.69) is 10.3 Å². The zero-order valence-corrected chi connectivity index (χ0v) is 19.8. The summed E-state index contributed by atoms with van der Waals surface area (Å²) in [6.07, 6.45) is 1.80. The average molecular weight is 465 g/mol. The number of fused-ring (bicyclic) bond motifs is 1. The molecular formula is C26H29FN4O3. The summed E-state index contributed by atoms with van der Waals surface area (Å²) in [5.41, 5.74) is 7.80. The fourth-order valence-electron chi connectivity index (χ4n) is 4.26. The van der Waals surface area contributed by atoms with Crippen LogP contribution in [0.3, 0.4) is 0 Å². The minimum atomic E-state index is -0.582. The number of hydrogen-bond acceptors (Lipinski definition) is 5. The number of halogens is 1. The van der Waals surface area contributed by atoms with E-state index in [1.165, 1.54) is 6.07 Å². The first-order chi connectivity index (χ1) is 16.0. The van der Waals surface area contributed by atoms with Crippen LogP contribution < -0.4 is 11.1 Å². The summed E-state index contributed by atoms with van der Waals surface area (Å²) in [6.45, 7) is 8.15. The van der Waals surface area contributed by atoms with Crippen LogP contribution in [0.15, 0.2) is 42.6 Å². The molecule has 2 amide bonds. The summed E-state index contributed by atoms with van der Waals surface area (Å²) in [6, 6.07) is 10.1. The van der Waals surface area contributed by atoms with Crippen LogP contribution in [0.25, 0.3) is 21.9 Å². The van der Waals surface area contributed by atoms with Crippen molar-refractivity contribution in [3.05, 3.63) is 59.5 Å². The van der Waals surface area contributed by atoms with E-state index in [4.69, 9.17) is 10.5 Å². The summed E-state index contributed by atoms with van der Waals surface area (Å²) < 4.78 is 19.9. The van der Waals surface area contributed by atoms with Gasteiger partial charge in [0.15, 0.2) is 0 Å². The molecule has 8 heteroatoms. The van der Waals surface area contributed by atoms with Crippen LogP contribution in [0.2, 0.25) is 0 Å². The van der Waals surface area contributed by atoms with Gasteiger partial charge in [0, 0.05) is 36.3 Å². The number of pyridine rings is 1. The molecule has 0 unspecified atom stereocenters. The van der Waals surface area contributed by atoms with Gasteiger partial charge in [-0.2, -0.15) is 0 Å². The van der Waals surface area contributed by atoms with Crippen molar-refractivity contribution in [2.24, 2.45) is 0 Å². The van der Waals surface area contributed by atoms with Crippen LogP contribution >= 0.6 is 0 Å². The summed E-state index contributed by atoms with van der Waals surface area (Å²) in [7, 11) is 0. The molecule has 0 bridgehead atoms. The number of amides is 2. The van der Waals surface area contributed by atoms with Gasteiger partial charge in [-0.3, -0.25) is 4.79 Å². The summed E-state index contributed by atoms with van der Waals surface area (Å²) in [4.78, 5) is 31.3. The normalized spacial score (nSPS) is 16.0. The van der Waals surface area contributed by atoms with Crippen molar-refractivity contribution < 1.29 is 18.7 Å². The Labute approximate surface area is 198 Å². The number of aromatic nitrogens is 1. The first kappa shape index (κ1) is 23.5. The molecule has 0 saturated carbocycles. The second-order valence-electron chi connectivity index (χ2n) is 9.64. The Balaban J connectivity index is 1.56. The lowest BCUT2D eigenvalue weighted by Gasteiger charge is -2.24. The standard InChI is InChI=1S/C26H29FN4O3/c1-15-6-5-7-20(27)21(15)16-8-9-19-17(12-16)13-29-23(28)22(19)24(32)30-18-10-11-31(14-18)25(33)34-26(2,3)4/h5-9,12-13,18H,10-11,14H2,1-4H3,(H2,28,29)(H,30,32)/t18-/m0/s1. The van der Waals surface area contributed by atoms with Gasteiger partial charge in [0.1, 0.15) is 17.2 Å². The molecule has 3 N–H and O–H groups in total. The molecule has 7 nitrogen and oxygen atoms in total. The van der Waals surface area contributed by atoms with Crippen molar-refractivity contribution in [2.75, 3.05) is 18.8 Å². The lowest BCUT2D eigenvalue weighted by molar-refractivity contribution is 0.0290. The maximum Gasteiger partial charge on any atom is 0.410 e. The number of aryl methyl sites for hydroxylation is 1. The quantitative estimate of drug-likeness (QED) is 0.587. The van der Waals surface area contributed by atoms with E-state index in [0.29, 0.717) is 41.4 Å². The number of hydrogen-bond donors (Lipinski definition) is 2. The van der Waals surface area contributed by atoms with E-state index in [9.17, 15) is 14.0 Å². The summed E-state index contributed by atoms with van der Waals surface area (Å²) >= 11 is 0. The lowest BCUT2D eigenvalue weighted by atomic mass is 9.96. The third kappa shape index (κ3) is 4.81. The van der Waals surface area contributed by atoms with Gasteiger partial charge >= 0.3 is 6.09 Å². The van der Waals surface area contributed by atoms with Gasteiger partial charge in [-0.1, -0.05) is 24.3 Å². The third-order valence-corrected chi connectivity index (χ3v) is 5.83. The highest BCUT2D eigenvalue weighted by molar-refractivity contribution is 6.11. The molecule has 34 heavy (non-hydrogen) atoms. The number of rotatable bonds is 3.